The maximum atomic E-state index is 10.8. The molecule has 0 bridgehead atoms. The highest BCUT2D eigenvalue weighted by atomic mass is 16.5. The third kappa shape index (κ3) is 5.34. The SMILES string of the molecule is [2H]C(C)C([2H])C([2H])C([2H])C(=O)OC. The van der Waals surface area contributed by atoms with Crippen molar-refractivity contribution in [3.63, 3.8) is 0 Å². The minimum Gasteiger partial charge on any atom is -0.469 e. The van der Waals surface area contributed by atoms with E-state index >= 15 is 0 Å². The summed E-state index contributed by atoms with van der Waals surface area (Å²) in [6, 6.07) is 0. The zero-order chi connectivity index (χ0) is 10.6. The Hall–Kier alpha value is -0.530. The topological polar surface area (TPSA) is 26.3 Å². The lowest BCUT2D eigenvalue weighted by atomic mass is 10.2. The minimum absolute atomic E-state index is 0.778. The van der Waals surface area contributed by atoms with Crippen molar-refractivity contribution in [2.45, 2.75) is 32.5 Å². The van der Waals surface area contributed by atoms with E-state index in [1.54, 1.807) is 0 Å². The molecule has 0 aromatic rings. The van der Waals surface area contributed by atoms with E-state index in [1.807, 2.05) is 0 Å². The second-order valence-electron chi connectivity index (χ2n) is 1.41. The van der Waals surface area contributed by atoms with Gasteiger partial charge < -0.3 is 4.74 Å². The van der Waals surface area contributed by atoms with Gasteiger partial charge in [0, 0.05) is 11.9 Å². The van der Waals surface area contributed by atoms with Crippen LogP contribution in [0.2, 0.25) is 0 Å². The molecule has 9 heavy (non-hydrogen) atoms. The van der Waals surface area contributed by atoms with Crippen molar-refractivity contribution in [3.05, 3.63) is 0 Å². The smallest absolute Gasteiger partial charge is 0.305 e. The van der Waals surface area contributed by atoms with Crippen LogP contribution in [0.4, 0.5) is 0 Å². The summed E-state index contributed by atoms with van der Waals surface area (Å²) in [5.74, 6) is -0.821. The normalized spacial score (nSPS) is 29.6. The van der Waals surface area contributed by atoms with E-state index in [0.29, 0.717) is 0 Å². The van der Waals surface area contributed by atoms with Gasteiger partial charge in [0.1, 0.15) is 0 Å². The summed E-state index contributed by atoms with van der Waals surface area (Å²) in [5, 5.41) is 0. The van der Waals surface area contributed by atoms with Gasteiger partial charge in [0.05, 0.1) is 7.11 Å². The molecule has 0 aromatic heterocycles. The Morgan fingerprint density at radius 1 is 1.67 bits per heavy atom. The lowest BCUT2D eigenvalue weighted by molar-refractivity contribution is -0.140. The first-order valence-corrected chi connectivity index (χ1v) is 2.68. The molecule has 0 aliphatic rings. The Bertz CT molecular complexity index is 174. The molecular formula is C7H14O2. The third-order valence-electron chi connectivity index (χ3n) is 0.737. The van der Waals surface area contributed by atoms with E-state index in [2.05, 4.69) is 4.74 Å². The number of methoxy groups -OCH3 is 1. The number of hydrogen-bond donors (Lipinski definition) is 0. The van der Waals surface area contributed by atoms with Gasteiger partial charge in [0.25, 0.3) is 0 Å². The molecular weight excluding hydrogens is 116 g/mol. The maximum absolute atomic E-state index is 10.8. The fourth-order valence-corrected chi connectivity index (χ4v) is 0.313. The van der Waals surface area contributed by atoms with Gasteiger partial charge in [-0.2, -0.15) is 0 Å². The van der Waals surface area contributed by atoms with Crippen LogP contribution in [0.1, 0.15) is 38.0 Å². The van der Waals surface area contributed by atoms with Crippen molar-refractivity contribution in [2.24, 2.45) is 0 Å². The summed E-state index contributed by atoms with van der Waals surface area (Å²) in [6.45, 7) is 1.46. The summed E-state index contributed by atoms with van der Waals surface area (Å²) in [7, 11) is 1.14. The molecule has 2 nitrogen and oxygen atoms in total. The van der Waals surface area contributed by atoms with Gasteiger partial charge in [0.15, 0.2) is 0 Å². The van der Waals surface area contributed by atoms with Crippen LogP contribution in [0, 0.1) is 0 Å². The van der Waals surface area contributed by atoms with E-state index in [1.165, 1.54) is 6.92 Å². The predicted molar refractivity (Wildman–Crippen MR) is 36.2 cm³/mol. The van der Waals surface area contributed by atoms with Crippen LogP contribution >= 0.6 is 0 Å². The first-order chi connectivity index (χ1) is 5.91. The van der Waals surface area contributed by atoms with Crippen LogP contribution in [0.5, 0.6) is 0 Å². The maximum Gasteiger partial charge on any atom is 0.305 e. The van der Waals surface area contributed by atoms with Crippen molar-refractivity contribution in [1.29, 1.82) is 0 Å². The summed E-state index contributed by atoms with van der Waals surface area (Å²) in [4.78, 5) is 10.8. The van der Waals surface area contributed by atoms with E-state index < -0.39 is 31.6 Å². The molecule has 0 saturated carbocycles. The van der Waals surface area contributed by atoms with Crippen LogP contribution < -0.4 is 0 Å². The molecule has 2 heteroatoms. The van der Waals surface area contributed by atoms with Gasteiger partial charge >= 0.3 is 5.97 Å². The summed E-state index contributed by atoms with van der Waals surface area (Å²) < 4.78 is 33.4. The Balaban J connectivity index is 4.24. The Morgan fingerprint density at radius 2 is 2.33 bits per heavy atom. The van der Waals surface area contributed by atoms with Gasteiger partial charge in [0.2, 0.25) is 0 Å². The summed E-state index contributed by atoms with van der Waals surface area (Å²) in [6.07, 6.45) is -4.44. The first-order valence-electron chi connectivity index (χ1n) is 4.99. The Kier molecular flexibility index (Phi) is 2.24. The van der Waals surface area contributed by atoms with Crippen LogP contribution in [0.25, 0.3) is 0 Å². The number of rotatable bonds is 4. The number of carbonyl (C=O) groups is 1. The number of hydrogen-bond acceptors (Lipinski definition) is 2. The van der Waals surface area contributed by atoms with Gasteiger partial charge in [-0.3, -0.25) is 4.79 Å². The standard InChI is InChI=1S/C7H14O2/c1-3-4-5-6-7(8)9-2/h3-6H2,1-2H3/i3D,4D,5D,6D. The van der Waals surface area contributed by atoms with Gasteiger partial charge in [-0.05, 0) is 6.40 Å². The molecule has 0 aromatic carbocycles. The predicted octanol–water partition coefficient (Wildman–Crippen LogP) is 1.74. The molecule has 4 unspecified atom stereocenters. The number of carbonyl (C=O) groups excluding carboxylic acids is 1. The molecule has 0 aliphatic carbocycles. The lowest BCUT2D eigenvalue weighted by Crippen LogP contribution is -1.98. The Labute approximate surface area is 61.8 Å². The van der Waals surface area contributed by atoms with E-state index in [-0.39, 0.29) is 0 Å². The highest BCUT2D eigenvalue weighted by molar-refractivity contribution is 5.68. The van der Waals surface area contributed by atoms with E-state index in [0.717, 1.165) is 7.11 Å². The molecule has 4 atom stereocenters. The molecule has 0 heterocycles. The van der Waals surface area contributed by atoms with Crippen LogP contribution in [-0.4, -0.2) is 13.1 Å². The van der Waals surface area contributed by atoms with Gasteiger partial charge in [-0.1, -0.05) is 19.7 Å². The Morgan fingerprint density at radius 3 is 2.78 bits per heavy atom. The molecule has 0 N–H and O–H groups in total. The van der Waals surface area contributed by atoms with Crippen LogP contribution in [0.15, 0.2) is 0 Å². The number of ether oxygens (including phenoxy) is 1. The summed E-state index contributed by atoms with van der Waals surface area (Å²) in [5.41, 5.74) is 0. The van der Waals surface area contributed by atoms with Crippen molar-refractivity contribution < 1.29 is 15.0 Å². The largest absolute Gasteiger partial charge is 0.469 e. The summed E-state index contributed by atoms with van der Waals surface area (Å²) >= 11 is 0. The second-order valence-corrected chi connectivity index (χ2v) is 1.41. The van der Waals surface area contributed by atoms with Crippen LogP contribution in [0.3, 0.4) is 0 Å². The third-order valence-corrected chi connectivity index (χ3v) is 0.737. The van der Waals surface area contributed by atoms with Gasteiger partial charge in [-0.15, -0.1) is 0 Å². The average molecular weight is 134 g/mol. The lowest BCUT2D eigenvalue weighted by Gasteiger charge is -1.95. The van der Waals surface area contributed by atoms with Crippen LogP contribution in [-0.2, 0) is 9.53 Å². The van der Waals surface area contributed by atoms with Crippen molar-refractivity contribution in [3.8, 4) is 0 Å². The van der Waals surface area contributed by atoms with E-state index in [4.69, 9.17) is 5.48 Å². The van der Waals surface area contributed by atoms with E-state index in [9.17, 15) is 4.79 Å². The highest BCUT2D eigenvalue weighted by Crippen LogP contribution is 1.98. The monoisotopic (exact) mass is 134 g/mol. The molecule has 0 rings (SSSR count). The molecule has 0 radical (unpaired) electrons. The molecule has 0 amide bonds. The molecule has 0 saturated heterocycles. The zero-order valence-corrected chi connectivity index (χ0v) is 5.63. The first kappa shape index (κ1) is 3.59. The van der Waals surface area contributed by atoms with Crippen molar-refractivity contribution in [2.75, 3.05) is 7.11 Å². The number of esters is 1. The minimum atomic E-state index is -1.39. The molecule has 54 valence electrons. The fraction of sp³-hybridized carbons (Fsp3) is 0.857. The highest BCUT2D eigenvalue weighted by Gasteiger charge is 1.96. The average Bonchev–Trinajstić information content (AvgIpc) is 2.12. The second kappa shape index (κ2) is 5.60. The van der Waals surface area contributed by atoms with Gasteiger partial charge in [-0.25, -0.2) is 0 Å². The zero-order valence-electron chi connectivity index (χ0n) is 9.63. The molecule has 0 aliphatic heterocycles. The van der Waals surface area contributed by atoms with Crippen molar-refractivity contribution in [1.82, 2.24) is 0 Å². The fourth-order valence-electron chi connectivity index (χ4n) is 0.313. The molecule has 0 fully saturated rings. The quantitative estimate of drug-likeness (QED) is 0.547. The van der Waals surface area contributed by atoms with Crippen molar-refractivity contribution >= 4 is 5.97 Å². The molecule has 0 spiro atoms.